The Morgan fingerprint density at radius 3 is 3.08 bits per heavy atom. The summed E-state index contributed by atoms with van der Waals surface area (Å²) in [5.74, 6) is 1.73. The molecule has 1 N–H and O–H groups in total. The third-order valence-electron chi connectivity index (χ3n) is 4.31. The highest BCUT2D eigenvalue weighted by Gasteiger charge is 2.19. The number of aromatic nitrogens is 4. The Balaban J connectivity index is 1.71. The van der Waals surface area contributed by atoms with E-state index in [4.69, 9.17) is 9.47 Å². The number of benzene rings is 1. The van der Waals surface area contributed by atoms with Crippen molar-refractivity contribution < 1.29 is 9.47 Å². The third kappa shape index (κ3) is 3.15. The number of nitrogens with one attached hydrogen (secondary N) is 1. The van der Waals surface area contributed by atoms with Crippen LogP contribution in [0.1, 0.15) is 13.8 Å². The lowest BCUT2D eigenvalue weighted by atomic mass is 10.1. The number of ether oxygens (including phenoxy) is 2. The molecule has 4 rings (SSSR count). The van der Waals surface area contributed by atoms with Gasteiger partial charge in [0.2, 0.25) is 0 Å². The normalized spacial score (nSPS) is 17.8. The first-order chi connectivity index (χ1) is 12.2. The Labute approximate surface area is 146 Å². The average molecular weight is 339 g/mol. The monoisotopic (exact) mass is 339 g/mol. The first kappa shape index (κ1) is 15.8. The zero-order valence-corrected chi connectivity index (χ0v) is 14.4. The molecule has 2 aromatic heterocycles. The highest BCUT2D eigenvalue weighted by Crippen LogP contribution is 2.29. The summed E-state index contributed by atoms with van der Waals surface area (Å²) in [6, 6.07) is 7.90. The van der Waals surface area contributed by atoms with Gasteiger partial charge in [0, 0.05) is 24.5 Å². The van der Waals surface area contributed by atoms with Gasteiger partial charge in [0.15, 0.2) is 0 Å². The molecule has 1 aliphatic rings. The number of nitrogens with zero attached hydrogens (tertiary/aromatic N) is 4. The van der Waals surface area contributed by atoms with Gasteiger partial charge < -0.3 is 14.4 Å². The fourth-order valence-corrected chi connectivity index (χ4v) is 3.12. The van der Waals surface area contributed by atoms with Crippen molar-refractivity contribution in [2.45, 2.75) is 20.0 Å². The molecular weight excluding hydrogens is 318 g/mol. The highest BCUT2D eigenvalue weighted by atomic mass is 16.5. The molecule has 0 amide bonds. The Hall–Kier alpha value is -2.67. The zero-order chi connectivity index (χ0) is 17.2. The maximum Gasteiger partial charge on any atom is 0.132 e. The summed E-state index contributed by atoms with van der Waals surface area (Å²) in [6.45, 7) is 7.04. The van der Waals surface area contributed by atoms with Crippen molar-refractivity contribution in [1.82, 2.24) is 20.2 Å². The van der Waals surface area contributed by atoms with E-state index in [9.17, 15) is 0 Å². The van der Waals surface area contributed by atoms with Crippen molar-refractivity contribution in [2.75, 3.05) is 31.2 Å². The Kier molecular flexibility index (Phi) is 4.23. The van der Waals surface area contributed by atoms with E-state index in [0.29, 0.717) is 13.2 Å². The molecule has 0 saturated carbocycles. The van der Waals surface area contributed by atoms with Crippen molar-refractivity contribution >= 4 is 16.7 Å². The zero-order valence-electron chi connectivity index (χ0n) is 14.4. The minimum atomic E-state index is 0.201. The van der Waals surface area contributed by atoms with Gasteiger partial charge in [-0.25, -0.2) is 9.97 Å². The largest absolute Gasteiger partial charge is 0.494 e. The number of hydrogen-bond donors (Lipinski definition) is 1. The van der Waals surface area contributed by atoms with Crippen LogP contribution in [0.25, 0.3) is 22.3 Å². The molecule has 0 radical (unpaired) electrons. The molecule has 1 aromatic carbocycles. The van der Waals surface area contributed by atoms with Gasteiger partial charge in [0.1, 0.15) is 23.6 Å². The summed E-state index contributed by atoms with van der Waals surface area (Å²) >= 11 is 0. The minimum absolute atomic E-state index is 0.201. The molecule has 1 unspecified atom stereocenters. The van der Waals surface area contributed by atoms with Gasteiger partial charge in [-0.05, 0) is 32.0 Å². The standard InChI is InChI=1S/C18H21N5O2/c1-3-24-13-4-5-15-14(8-13)18(22-21-15)16-9-17(20-11-19-16)23-6-7-25-12(2)10-23/h4-5,8-9,11-12H,3,6-7,10H2,1-2H3,(H,21,22). The van der Waals surface area contributed by atoms with Crippen LogP contribution in [-0.4, -0.2) is 52.6 Å². The molecule has 1 saturated heterocycles. The van der Waals surface area contributed by atoms with Crippen LogP contribution < -0.4 is 9.64 Å². The summed E-state index contributed by atoms with van der Waals surface area (Å²) in [5.41, 5.74) is 2.56. The fraction of sp³-hybridized carbons (Fsp3) is 0.389. The Morgan fingerprint density at radius 2 is 2.24 bits per heavy atom. The summed E-state index contributed by atoms with van der Waals surface area (Å²) in [7, 11) is 0. The SMILES string of the molecule is CCOc1ccc2[nH]nc(-c3cc(N4CCOC(C)C4)ncn3)c2c1. The number of aromatic amines is 1. The second-order valence-corrected chi connectivity index (χ2v) is 6.10. The Bertz CT molecular complexity index is 879. The predicted molar refractivity (Wildman–Crippen MR) is 95.9 cm³/mol. The van der Waals surface area contributed by atoms with Crippen molar-refractivity contribution in [3.63, 3.8) is 0 Å². The average Bonchev–Trinajstić information content (AvgIpc) is 3.05. The van der Waals surface area contributed by atoms with Gasteiger partial charge in [-0.15, -0.1) is 0 Å². The molecule has 7 heteroatoms. The first-order valence-corrected chi connectivity index (χ1v) is 8.54. The molecular formula is C18H21N5O2. The quantitative estimate of drug-likeness (QED) is 0.787. The lowest BCUT2D eigenvalue weighted by Gasteiger charge is -2.31. The molecule has 1 fully saturated rings. The predicted octanol–water partition coefficient (Wildman–Crippen LogP) is 2.64. The van der Waals surface area contributed by atoms with Gasteiger partial charge in [-0.1, -0.05) is 0 Å². The van der Waals surface area contributed by atoms with Crippen LogP contribution in [0.3, 0.4) is 0 Å². The Morgan fingerprint density at radius 1 is 1.32 bits per heavy atom. The lowest BCUT2D eigenvalue weighted by Crippen LogP contribution is -2.41. The first-order valence-electron chi connectivity index (χ1n) is 8.54. The van der Waals surface area contributed by atoms with Crippen molar-refractivity contribution in [3.05, 3.63) is 30.6 Å². The van der Waals surface area contributed by atoms with Gasteiger partial charge in [-0.2, -0.15) is 5.10 Å². The van der Waals surface area contributed by atoms with Crippen LogP contribution in [-0.2, 0) is 4.74 Å². The van der Waals surface area contributed by atoms with Crippen molar-refractivity contribution in [3.8, 4) is 17.1 Å². The third-order valence-corrected chi connectivity index (χ3v) is 4.31. The number of hydrogen-bond acceptors (Lipinski definition) is 6. The molecule has 1 atom stereocenters. The number of rotatable bonds is 4. The molecule has 0 spiro atoms. The second kappa shape index (κ2) is 6.68. The van der Waals surface area contributed by atoms with E-state index < -0.39 is 0 Å². The van der Waals surface area contributed by atoms with Gasteiger partial charge in [-0.3, -0.25) is 5.10 Å². The van der Waals surface area contributed by atoms with E-state index in [1.54, 1.807) is 6.33 Å². The van der Waals surface area contributed by atoms with E-state index in [1.165, 1.54) is 0 Å². The highest BCUT2D eigenvalue weighted by molar-refractivity contribution is 5.93. The van der Waals surface area contributed by atoms with E-state index in [1.807, 2.05) is 31.2 Å². The van der Waals surface area contributed by atoms with Crippen LogP contribution >= 0.6 is 0 Å². The fourth-order valence-electron chi connectivity index (χ4n) is 3.12. The topological polar surface area (TPSA) is 76.2 Å². The molecule has 1 aliphatic heterocycles. The maximum atomic E-state index is 5.61. The van der Waals surface area contributed by atoms with Crippen LogP contribution in [0.4, 0.5) is 5.82 Å². The van der Waals surface area contributed by atoms with Gasteiger partial charge >= 0.3 is 0 Å². The van der Waals surface area contributed by atoms with Crippen molar-refractivity contribution in [2.24, 2.45) is 0 Å². The van der Waals surface area contributed by atoms with E-state index in [2.05, 4.69) is 32.0 Å². The summed E-state index contributed by atoms with van der Waals surface area (Å²) < 4.78 is 11.2. The van der Waals surface area contributed by atoms with Crippen LogP contribution in [0.5, 0.6) is 5.75 Å². The molecule has 0 bridgehead atoms. The molecule has 0 aliphatic carbocycles. The smallest absolute Gasteiger partial charge is 0.132 e. The second-order valence-electron chi connectivity index (χ2n) is 6.10. The van der Waals surface area contributed by atoms with E-state index in [-0.39, 0.29) is 6.10 Å². The number of H-pyrrole nitrogens is 1. The van der Waals surface area contributed by atoms with Crippen LogP contribution in [0.2, 0.25) is 0 Å². The molecule has 25 heavy (non-hydrogen) atoms. The van der Waals surface area contributed by atoms with E-state index >= 15 is 0 Å². The van der Waals surface area contributed by atoms with Crippen molar-refractivity contribution in [1.29, 1.82) is 0 Å². The number of fused-ring (bicyclic) bond motifs is 1. The molecule has 3 heterocycles. The van der Waals surface area contributed by atoms with E-state index in [0.717, 1.165) is 46.9 Å². The summed E-state index contributed by atoms with van der Waals surface area (Å²) in [5, 5.41) is 8.51. The van der Waals surface area contributed by atoms with Crippen LogP contribution in [0.15, 0.2) is 30.6 Å². The maximum absolute atomic E-state index is 5.61. The van der Waals surface area contributed by atoms with Crippen LogP contribution in [0, 0.1) is 0 Å². The summed E-state index contributed by atoms with van der Waals surface area (Å²) in [6.07, 6.45) is 1.80. The number of anilines is 1. The van der Waals surface area contributed by atoms with Gasteiger partial charge in [0.05, 0.1) is 30.5 Å². The molecule has 7 nitrogen and oxygen atoms in total. The minimum Gasteiger partial charge on any atom is -0.494 e. The molecule has 3 aromatic rings. The van der Waals surface area contributed by atoms with Gasteiger partial charge in [0.25, 0.3) is 0 Å². The summed E-state index contributed by atoms with van der Waals surface area (Å²) in [4.78, 5) is 11.1. The molecule has 130 valence electrons. The lowest BCUT2D eigenvalue weighted by molar-refractivity contribution is 0.0529. The number of morpholine rings is 1.